The highest BCUT2D eigenvalue weighted by Crippen LogP contribution is 2.21. The van der Waals surface area contributed by atoms with Crippen LogP contribution < -0.4 is 4.90 Å². The van der Waals surface area contributed by atoms with Crippen molar-refractivity contribution in [2.45, 2.75) is 33.1 Å². The Morgan fingerprint density at radius 2 is 1.85 bits per heavy atom. The van der Waals surface area contributed by atoms with Crippen LogP contribution in [0.5, 0.6) is 0 Å². The Hall–Kier alpha value is -1.84. The number of carbonyl (C=O) groups is 2. The number of nitrogens with zero attached hydrogens (tertiary/aromatic N) is 2. The molecule has 0 saturated carbocycles. The third-order valence-electron chi connectivity index (χ3n) is 3.79. The van der Waals surface area contributed by atoms with E-state index < -0.39 is 0 Å². The Morgan fingerprint density at radius 3 is 2.35 bits per heavy atom. The van der Waals surface area contributed by atoms with Crippen molar-refractivity contribution in [3.05, 3.63) is 29.8 Å². The topological polar surface area (TPSA) is 40.6 Å². The van der Waals surface area contributed by atoms with Gasteiger partial charge in [-0.2, -0.15) is 0 Å². The summed E-state index contributed by atoms with van der Waals surface area (Å²) >= 11 is 0. The number of carbonyl (C=O) groups excluding carboxylic acids is 2. The van der Waals surface area contributed by atoms with E-state index >= 15 is 0 Å². The number of hydrogen-bond donors (Lipinski definition) is 0. The monoisotopic (exact) mass is 274 g/mol. The summed E-state index contributed by atoms with van der Waals surface area (Å²) in [5.74, 6) is 0.344. The summed E-state index contributed by atoms with van der Waals surface area (Å²) in [6.07, 6.45) is 2.00. The smallest absolute Gasteiger partial charge is 0.227 e. The van der Waals surface area contributed by atoms with Crippen LogP contribution in [0.4, 0.5) is 5.69 Å². The maximum atomic E-state index is 12.0. The summed E-state index contributed by atoms with van der Waals surface area (Å²) in [6, 6.07) is 7.77. The van der Waals surface area contributed by atoms with Gasteiger partial charge in [-0.05, 0) is 38.0 Å². The van der Waals surface area contributed by atoms with Crippen LogP contribution in [0.2, 0.25) is 0 Å². The fourth-order valence-electron chi connectivity index (χ4n) is 2.58. The molecule has 0 aliphatic carbocycles. The highest BCUT2D eigenvalue weighted by molar-refractivity contribution is 5.95. The first-order valence-electron chi connectivity index (χ1n) is 7.32. The van der Waals surface area contributed by atoms with E-state index in [-0.39, 0.29) is 11.8 Å². The lowest BCUT2D eigenvalue weighted by Crippen LogP contribution is -2.31. The second kappa shape index (κ2) is 6.55. The van der Waals surface area contributed by atoms with Gasteiger partial charge in [-0.15, -0.1) is 0 Å². The predicted octanol–water partition coefficient (Wildman–Crippen LogP) is 2.22. The minimum Gasteiger partial charge on any atom is -0.343 e. The number of rotatable bonds is 5. The Kier molecular flexibility index (Phi) is 4.77. The molecule has 1 aliphatic heterocycles. The van der Waals surface area contributed by atoms with E-state index in [1.807, 2.05) is 47.9 Å². The molecule has 0 atom stereocenters. The first-order valence-corrected chi connectivity index (χ1v) is 7.32. The summed E-state index contributed by atoms with van der Waals surface area (Å²) in [5.41, 5.74) is 1.93. The quantitative estimate of drug-likeness (QED) is 0.826. The van der Waals surface area contributed by atoms with Gasteiger partial charge < -0.3 is 9.80 Å². The minimum atomic E-state index is 0.153. The first kappa shape index (κ1) is 14.6. The number of hydrogen-bond acceptors (Lipinski definition) is 2. The van der Waals surface area contributed by atoms with Gasteiger partial charge in [0.1, 0.15) is 0 Å². The zero-order chi connectivity index (χ0) is 14.5. The molecule has 0 N–H and O–H groups in total. The summed E-state index contributed by atoms with van der Waals surface area (Å²) in [6.45, 7) is 6.27. The number of anilines is 1. The van der Waals surface area contributed by atoms with Crippen molar-refractivity contribution in [2.75, 3.05) is 24.5 Å². The molecule has 0 unspecified atom stereocenters. The van der Waals surface area contributed by atoms with Crippen molar-refractivity contribution in [3.8, 4) is 0 Å². The van der Waals surface area contributed by atoms with Crippen LogP contribution in [-0.4, -0.2) is 36.3 Å². The molecule has 1 aliphatic rings. The molecular weight excluding hydrogens is 252 g/mol. The lowest BCUT2D eigenvalue weighted by molar-refractivity contribution is -0.130. The Balaban J connectivity index is 2.01. The lowest BCUT2D eigenvalue weighted by Gasteiger charge is -2.19. The summed E-state index contributed by atoms with van der Waals surface area (Å²) in [4.78, 5) is 27.3. The third kappa shape index (κ3) is 3.18. The van der Waals surface area contributed by atoms with Gasteiger partial charge in [-0.25, -0.2) is 0 Å². The summed E-state index contributed by atoms with van der Waals surface area (Å²) in [7, 11) is 0. The molecule has 2 rings (SSSR count). The van der Waals surface area contributed by atoms with E-state index in [0.717, 1.165) is 37.3 Å². The van der Waals surface area contributed by atoms with Crippen LogP contribution >= 0.6 is 0 Å². The highest BCUT2D eigenvalue weighted by Gasteiger charge is 2.21. The van der Waals surface area contributed by atoms with Gasteiger partial charge in [0.2, 0.25) is 11.8 Å². The summed E-state index contributed by atoms with van der Waals surface area (Å²) in [5, 5.41) is 0. The number of likely N-dealkylation sites (N-methyl/N-ethyl adjacent to an activating group) is 1. The second-order valence-corrected chi connectivity index (χ2v) is 5.06. The van der Waals surface area contributed by atoms with Crippen LogP contribution in [0.3, 0.4) is 0 Å². The first-order chi connectivity index (χ1) is 9.65. The minimum absolute atomic E-state index is 0.153. The van der Waals surface area contributed by atoms with E-state index in [1.165, 1.54) is 0 Å². The number of amides is 2. The molecule has 20 heavy (non-hydrogen) atoms. The van der Waals surface area contributed by atoms with E-state index in [4.69, 9.17) is 0 Å². The fraction of sp³-hybridized carbons (Fsp3) is 0.500. The van der Waals surface area contributed by atoms with Crippen LogP contribution in [0.1, 0.15) is 32.3 Å². The zero-order valence-electron chi connectivity index (χ0n) is 12.3. The Morgan fingerprint density at radius 1 is 1.20 bits per heavy atom. The SMILES string of the molecule is CCN(CC)C(=O)Cc1ccc(N2CCCC2=O)cc1. The fourth-order valence-corrected chi connectivity index (χ4v) is 2.58. The van der Waals surface area contributed by atoms with Crippen LogP contribution in [0, 0.1) is 0 Å². The highest BCUT2D eigenvalue weighted by atomic mass is 16.2. The van der Waals surface area contributed by atoms with Crippen molar-refractivity contribution in [3.63, 3.8) is 0 Å². The molecule has 1 saturated heterocycles. The maximum absolute atomic E-state index is 12.0. The van der Waals surface area contributed by atoms with Gasteiger partial charge in [0, 0.05) is 31.7 Å². The predicted molar refractivity (Wildman–Crippen MR) is 79.7 cm³/mol. The van der Waals surface area contributed by atoms with Gasteiger partial charge >= 0.3 is 0 Å². The van der Waals surface area contributed by atoms with Gasteiger partial charge in [0.25, 0.3) is 0 Å². The molecule has 1 aromatic carbocycles. The van der Waals surface area contributed by atoms with Crippen molar-refractivity contribution in [1.29, 1.82) is 0 Å². The molecule has 0 radical (unpaired) electrons. The van der Waals surface area contributed by atoms with Crippen molar-refractivity contribution >= 4 is 17.5 Å². The van der Waals surface area contributed by atoms with Crippen molar-refractivity contribution in [2.24, 2.45) is 0 Å². The molecule has 1 fully saturated rings. The molecule has 4 heteroatoms. The molecule has 0 spiro atoms. The average molecular weight is 274 g/mol. The van der Waals surface area contributed by atoms with Crippen molar-refractivity contribution in [1.82, 2.24) is 4.90 Å². The largest absolute Gasteiger partial charge is 0.343 e. The molecule has 2 amide bonds. The lowest BCUT2D eigenvalue weighted by atomic mass is 10.1. The normalized spacial score (nSPS) is 14.7. The van der Waals surface area contributed by atoms with E-state index in [9.17, 15) is 9.59 Å². The van der Waals surface area contributed by atoms with Crippen molar-refractivity contribution < 1.29 is 9.59 Å². The third-order valence-corrected chi connectivity index (χ3v) is 3.79. The van der Waals surface area contributed by atoms with E-state index in [0.29, 0.717) is 12.8 Å². The molecule has 0 aromatic heterocycles. The molecule has 1 heterocycles. The van der Waals surface area contributed by atoms with Crippen LogP contribution in [-0.2, 0) is 16.0 Å². The molecule has 1 aromatic rings. The van der Waals surface area contributed by atoms with Gasteiger partial charge in [0.05, 0.1) is 6.42 Å². The van der Waals surface area contributed by atoms with Crippen LogP contribution in [0.25, 0.3) is 0 Å². The van der Waals surface area contributed by atoms with Gasteiger partial charge in [0.15, 0.2) is 0 Å². The Labute approximate surface area is 120 Å². The molecule has 108 valence electrons. The molecule has 0 bridgehead atoms. The zero-order valence-corrected chi connectivity index (χ0v) is 12.3. The molecule has 4 nitrogen and oxygen atoms in total. The number of benzene rings is 1. The van der Waals surface area contributed by atoms with E-state index in [1.54, 1.807) is 0 Å². The summed E-state index contributed by atoms with van der Waals surface area (Å²) < 4.78 is 0. The standard InChI is InChI=1S/C16H22N2O2/c1-3-17(4-2)16(20)12-13-7-9-14(10-8-13)18-11-5-6-15(18)19/h7-10H,3-6,11-12H2,1-2H3. The molecular formula is C16H22N2O2. The van der Waals surface area contributed by atoms with E-state index in [2.05, 4.69) is 0 Å². The maximum Gasteiger partial charge on any atom is 0.227 e. The average Bonchev–Trinajstić information content (AvgIpc) is 2.87. The van der Waals surface area contributed by atoms with Gasteiger partial charge in [-0.1, -0.05) is 12.1 Å². The second-order valence-electron chi connectivity index (χ2n) is 5.06. The van der Waals surface area contributed by atoms with Gasteiger partial charge in [-0.3, -0.25) is 9.59 Å². The van der Waals surface area contributed by atoms with Crippen LogP contribution in [0.15, 0.2) is 24.3 Å². The Bertz CT molecular complexity index is 478.